The monoisotopic (exact) mass is 449 g/mol. The van der Waals surface area contributed by atoms with Crippen LogP contribution in [-0.4, -0.2) is 50.6 Å². The molecule has 3 aromatic rings. The van der Waals surface area contributed by atoms with Crippen molar-refractivity contribution in [3.05, 3.63) is 71.6 Å². The van der Waals surface area contributed by atoms with Crippen LogP contribution >= 0.6 is 0 Å². The Morgan fingerprint density at radius 1 is 1.18 bits per heavy atom. The highest BCUT2D eigenvalue weighted by molar-refractivity contribution is 5.89. The molecule has 0 radical (unpaired) electrons. The Kier molecular flexibility index (Phi) is 6.53. The van der Waals surface area contributed by atoms with Crippen LogP contribution in [0, 0.1) is 19.7 Å². The van der Waals surface area contributed by atoms with Crippen LogP contribution in [0.4, 0.5) is 4.39 Å². The number of rotatable bonds is 6. The molecule has 2 amide bonds. The van der Waals surface area contributed by atoms with Crippen LogP contribution < -0.4 is 5.32 Å². The molecular weight excluding hydrogens is 421 g/mol. The fraction of sp³-hybridized carbons (Fsp3) is 0.360. The molecule has 1 aliphatic heterocycles. The number of carbonyl (C=O) groups excluding carboxylic acids is 2. The number of nitrogens with one attached hydrogen (secondary N) is 1. The van der Waals surface area contributed by atoms with Crippen LogP contribution in [0.2, 0.25) is 0 Å². The van der Waals surface area contributed by atoms with Gasteiger partial charge in [0.15, 0.2) is 0 Å². The van der Waals surface area contributed by atoms with Crippen molar-refractivity contribution in [2.75, 3.05) is 13.1 Å². The minimum atomic E-state index is -0.612. The quantitative estimate of drug-likeness (QED) is 0.627. The van der Waals surface area contributed by atoms with Gasteiger partial charge in [-0.25, -0.2) is 14.1 Å². The number of benzene rings is 2. The molecule has 1 N–H and O–H groups in total. The molecule has 2 aromatic carbocycles. The van der Waals surface area contributed by atoms with E-state index < -0.39 is 6.04 Å². The van der Waals surface area contributed by atoms with Gasteiger partial charge in [-0.3, -0.25) is 9.59 Å². The molecule has 4 rings (SSSR count). The summed E-state index contributed by atoms with van der Waals surface area (Å²) >= 11 is 0. The summed E-state index contributed by atoms with van der Waals surface area (Å²) < 4.78 is 15.2. The minimum absolute atomic E-state index is 0.0887. The molecule has 1 fully saturated rings. The zero-order valence-corrected chi connectivity index (χ0v) is 19.1. The first-order chi connectivity index (χ1) is 15.8. The van der Waals surface area contributed by atoms with E-state index in [1.54, 1.807) is 21.7 Å². The van der Waals surface area contributed by atoms with Gasteiger partial charge in [0.1, 0.15) is 23.5 Å². The highest BCUT2D eigenvalue weighted by atomic mass is 19.1. The van der Waals surface area contributed by atoms with Crippen LogP contribution in [0.1, 0.15) is 36.6 Å². The molecule has 2 unspecified atom stereocenters. The number of aryl methyl sites for hydroxylation is 2. The van der Waals surface area contributed by atoms with Crippen molar-refractivity contribution in [3.63, 3.8) is 0 Å². The smallest absolute Gasteiger partial charge is 0.243 e. The SMILES string of the molecule is Cc1nc(C)n(C(C)CC(=O)N2CCNC(=O)C2Cc2ccccc2-c2ccc(F)cc2)n1. The summed E-state index contributed by atoms with van der Waals surface area (Å²) in [4.78, 5) is 32.1. The maximum Gasteiger partial charge on any atom is 0.243 e. The Morgan fingerprint density at radius 2 is 1.91 bits per heavy atom. The highest BCUT2D eigenvalue weighted by Gasteiger charge is 2.34. The van der Waals surface area contributed by atoms with Crippen LogP contribution in [0.15, 0.2) is 48.5 Å². The van der Waals surface area contributed by atoms with Gasteiger partial charge in [0.05, 0.1) is 6.04 Å². The van der Waals surface area contributed by atoms with Crippen molar-refractivity contribution < 1.29 is 14.0 Å². The Labute approximate surface area is 192 Å². The molecule has 1 aliphatic rings. The topological polar surface area (TPSA) is 80.1 Å². The fourth-order valence-electron chi connectivity index (χ4n) is 4.44. The number of hydrogen-bond acceptors (Lipinski definition) is 4. The molecule has 2 heterocycles. The van der Waals surface area contributed by atoms with E-state index in [-0.39, 0.29) is 30.1 Å². The van der Waals surface area contributed by atoms with E-state index in [1.165, 1.54) is 12.1 Å². The number of hydrogen-bond donors (Lipinski definition) is 1. The molecule has 0 spiro atoms. The van der Waals surface area contributed by atoms with E-state index in [0.29, 0.717) is 25.3 Å². The summed E-state index contributed by atoms with van der Waals surface area (Å²) in [5.41, 5.74) is 2.72. The predicted octanol–water partition coefficient (Wildman–Crippen LogP) is 3.22. The number of amides is 2. The van der Waals surface area contributed by atoms with Gasteiger partial charge in [-0.2, -0.15) is 5.10 Å². The fourth-order valence-corrected chi connectivity index (χ4v) is 4.44. The summed E-state index contributed by atoms with van der Waals surface area (Å²) in [7, 11) is 0. The van der Waals surface area contributed by atoms with Gasteiger partial charge in [0.2, 0.25) is 11.8 Å². The van der Waals surface area contributed by atoms with Gasteiger partial charge >= 0.3 is 0 Å². The number of carbonyl (C=O) groups is 2. The Balaban J connectivity index is 1.56. The predicted molar refractivity (Wildman–Crippen MR) is 123 cm³/mol. The molecule has 2 atom stereocenters. The van der Waals surface area contributed by atoms with Gasteiger partial charge in [0, 0.05) is 25.9 Å². The van der Waals surface area contributed by atoms with Gasteiger partial charge in [-0.05, 0) is 49.6 Å². The molecule has 7 nitrogen and oxygen atoms in total. The van der Waals surface area contributed by atoms with E-state index in [9.17, 15) is 14.0 Å². The molecule has 8 heteroatoms. The number of piperazine rings is 1. The number of nitrogens with zero attached hydrogens (tertiary/aromatic N) is 4. The van der Waals surface area contributed by atoms with Crippen molar-refractivity contribution in [2.45, 2.75) is 45.7 Å². The van der Waals surface area contributed by atoms with Gasteiger partial charge in [-0.1, -0.05) is 36.4 Å². The summed E-state index contributed by atoms with van der Waals surface area (Å²) in [6.45, 7) is 6.50. The maximum atomic E-state index is 13.4. The molecule has 0 bridgehead atoms. The molecule has 172 valence electrons. The summed E-state index contributed by atoms with van der Waals surface area (Å²) in [6, 6.07) is 13.2. The molecular formula is C25H28FN5O2. The number of halogens is 1. The van der Waals surface area contributed by atoms with Gasteiger partial charge < -0.3 is 10.2 Å². The second-order valence-corrected chi connectivity index (χ2v) is 8.47. The average molecular weight is 450 g/mol. The largest absolute Gasteiger partial charge is 0.353 e. The summed E-state index contributed by atoms with van der Waals surface area (Å²) in [5.74, 6) is 0.873. The molecule has 0 aliphatic carbocycles. The second kappa shape index (κ2) is 9.52. The lowest BCUT2D eigenvalue weighted by molar-refractivity contribution is -0.143. The standard InChI is InChI=1S/C25H28FN5O2/c1-16(31-18(3)28-17(2)29-31)14-24(32)30-13-12-27-25(33)23(30)15-20-6-4-5-7-22(20)19-8-10-21(26)11-9-19/h4-11,16,23H,12-15H2,1-3H3,(H,27,33). The van der Waals surface area contributed by atoms with Crippen molar-refractivity contribution in [2.24, 2.45) is 0 Å². The number of aromatic nitrogens is 3. The summed E-state index contributed by atoms with van der Waals surface area (Å²) in [5, 5.41) is 7.28. The minimum Gasteiger partial charge on any atom is -0.353 e. The van der Waals surface area contributed by atoms with E-state index in [2.05, 4.69) is 15.4 Å². The van der Waals surface area contributed by atoms with Crippen molar-refractivity contribution >= 4 is 11.8 Å². The zero-order valence-electron chi connectivity index (χ0n) is 19.1. The highest BCUT2D eigenvalue weighted by Crippen LogP contribution is 2.27. The van der Waals surface area contributed by atoms with Crippen LogP contribution in [0.25, 0.3) is 11.1 Å². The van der Waals surface area contributed by atoms with Crippen LogP contribution in [0.3, 0.4) is 0 Å². The van der Waals surface area contributed by atoms with Gasteiger partial charge in [-0.15, -0.1) is 0 Å². The van der Waals surface area contributed by atoms with Crippen molar-refractivity contribution in [3.8, 4) is 11.1 Å². The first kappa shape index (κ1) is 22.6. The van der Waals surface area contributed by atoms with Crippen LogP contribution in [-0.2, 0) is 16.0 Å². The summed E-state index contributed by atoms with van der Waals surface area (Å²) in [6.07, 6.45) is 0.605. The Bertz CT molecular complexity index is 1160. The zero-order chi connectivity index (χ0) is 23.5. The van der Waals surface area contributed by atoms with E-state index in [1.807, 2.05) is 45.0 Å². The van der Waals surface area contributed by atoms with E-state index >= 15 is 0 Å². The Morgan fingerprint density at radius 3 is 2.61 bits per heavy atom. The van der Waals surface area contributed by atoms with Gasteiger partial charge in [0.25, 0.3) is 0 Å². The molecule has 0 saturated carbocycles. The first-order valence-corrected chi connectivity index (χ1v) is 11.1. The van der Waals surface area contributed by atoms with E-state index in [0.717, 1.165) is 22.5 Å². The molecule has 1 aromatic heterocycles. The average Bonchev–Trinajstić information content (AvgIpc) is 3.14. The lowest BCUT2D eigenvalue weighted by atomic mass is 9.93. The van der Waals surface area contributed by atoms with Crippen molar-refractivity contribution in [1.82, 2.24) is 25.0 Å². The normalized spacial score (nSPS) is 17.0. The molecule has 1 saturated heterocycles. The third-order valence-electron chi connectivity index (χ3n) is 6.03. The lowest BCUT2D eigenvalue weighted by Crippen LogP contribution is -2.58. The second-order valence-electron chi connectivity index (χ2n) is 8.47. The van der Waals surface area contributed by atoms with Crippen LogP contribution in [0.5, 0.6) is 0 Å². The molecule has 33 heavy (non-hydrogen) atoms. The third-order valence-corrected chi connectivity index (χ3v) is 6.03. The lowest BCUT2D eigenvalue weighted by Gasteiger charge is -2.36. The Hall–Kier alpha value is -3.55. The maximum absolute atomic E-state index is 13.4. The first-order valence-electron chi connectivity index (χ1n) is 11.1. The van der Waals surface area contributed by atoms with E-state index in [4.69, 9.17) is 0 Å². The third kappa shape index (κ3) is 4.94. The van der Waals surface area contributed by atoms with Crippen molar-refractivity contribution in [1.29, 1.82) is 0 Å².